The normalized spacial score (nSPS) is 16.1. The van der Waals surface area contributed by atoms with Crippen LogP contribution in [0.3, 0.4) is 0 Å². The molecule has 3 rings (SSSR count). The first-order valence-electron chi connectivity index (χ1n) is 11.7. The van der Waals surface area contributed by atoms with Gasteiger partial charge < -0.3 is 14.2 Å². The summed E-state index contributed by atoms with van der Waals surface area (Å²) in [5.74, 6) is 2.43. The van der Waals surface area contributed by atoms with Gasteiger partial charge in [0, 0.05) is 5.57 Å². The molecule has 0 bridgehead atoms. The van der Waals surface area contributed by atoms with E-state index >= 15 is 0 Å². The van der Waals surface area contributed by atoms with Gasteiger partial charge in [-0.1, -0.05) is 38.1 Å². The minimum Gasteiger partial charge on any atom is -0.490 e. The minimum absolute atomic E-state index is 0.251. The predicted molar refractivity (Wildman–Crippen MR) is 136 cm³/mol. The Labute approximate surface area is 202 Å². The maximum atomic E-state index is 12.9. The molecule has 0 spiro atoms. The molecule has 0 radical (unpaired) electrons. The van der Waals surface area contributed by atoms with E-state index in [1.807, 2.05) is 57.2 Å². The van der Waals surface area contributed by atoms with Crippen molar-refractivity contribution < 1.29 is 22.6 Å². The second kappa shape index (κ2) is 11.0. The fraction of sp³-hybridized carbons (Fsp3) is 0.423. The van der Waals surface area contributed by atoms with Gasteiger partial charge >= 0.3 is 0 Å². The van der Waals surface area contributed by atoms with E-state index < -0.39 is 10.0 Å². The molecule has 0 aromatic heterocycles. The monoisotopic (exact) mass is 486 g/mol. The third-order valence-electron chi connectivity index (χ3n) is 5.42. The molecule has 0 atom stereocenters. The molecule has 0 fully saturated rings. The number of nitrogens with zero attached hydrogens (tertiary/aromatic N) is 1. The molecule has 184 valence electrons. The molecule has 0 aliphatic carbocycles. The lowest BCUT2D eigenvalue weighted by molar-refractivity contribution is 0.260. The lowest BCUT2D eigenvalue weighted by Gasteiger charge is -2.16. The van der Waals surface area contributed by atoms with Crippen molar-refractivity contribution in [3.63, 3.8) is 0 Å². The summed E-state index contributed by atoms with van der Waals surface area (Å²) in [6, 6.07) is 11.4. The lowest BCUT2D eigenvalue weighted by atomic mass is 10.0. The summed E-state index contributed by atoms with van der Waals surface area (Å²) in [4.78, 5) is 4.85. The van der Waals surface area contributed by atoms with Crippen molar-refractivity contribution in [3.8, 4) is 17.2 Å². The quantitative estimate of drug-likeness (QED) is 0.494. The summed E-state index contributed by atoms with van der Waals surface area (Å²) in [6.45, 7) is 13.4. The molecule has 0 saturated heterocycles. The summed E-state index contributed by atoms with van der Waals surface area (Å²) < 4.78 is 45.7. The Morgan fingerprint density at radius 2 is 1.47 bits per heavy atom. The van der Waals surface area contributed by atoms with Crippen molar-refractivity contribution in [2.75, 3.05) is 19.8 Å². The van der Waals surface area contributed by atoms with Crippen molar-refractivity contribution in [1.29, 1.82) is 0 Å². The second-order valence-electron chi connectivity index (χ2n) is 8.22. The number of benzene rings is 2. The SMILES string of the molecule is CCOc1cc(CN=C2NS(=O)(=O)C(c3ccc(C(C)C)cc3)=C2C)cc(OCC)c1OCC. The second-order valence-corrected chi connectivity index (χ2v) is 9.84. The van der Waals surface area contributed by atoms with Crippen LogP contribution in [-0.2, 0) is 16.6 Å². The predicted octanol–water partition coefficient (Wildman–Crippen LogP) is 5.27. The number of ether oxygens (including phenoxy) is 3. The van der Waals surface area contributed by atoms with Crippen LogP contribution in [-0.4, -0.2) is 34.1 Å². The van der Waals surface area contributed by atoms with Gasteiger partial charge in [0.2, 0.25) is 5.75 Å². The topological polar surface area (TPSA) is 86.2 Å². The number of aliphatic imine (C=N–C) groups is 1. The van der Waals surface area contributed by atoms with Crippen molar-refractivity contribution >= 4 is 20.8 Å². The average Bonchev–Trinajstić information content (AvgIpc) is 3.02. The zero-order valence-corrected chi connectivity index (χ0v) is 21.6. The molecule has 1 aliphatic rings. The first-order chi connectivity index (χ1) is 16.2. The van der Waals surface area contributed by atoms with Crippen LogP contribution in [0.5, 0.6) is 17.2 Å². The van der Waals surface area contributed by atoms with E-state index in [0.717, 1.165) is 11.1 Å². The summed E-state index contributed by atoms with van der Waals surface area (Å²) >= 11 is 0. The molecule has 7 nitrogen and oxygen atoms in total. The van der Waals surface area contributed by atoms with Gasteiger partial charge in [0.25, 0.3) is 10.0 Å². The molecular weight excluding hydrogens is 452 g/mol. The Balaban J connectivity index is 1.96. The third kappa shape index (κ3) is 5.55. The highest BCUT2D eigenvalue weighted by atomic mass is 32.2. The molecular formula is C26H34N2O5S. The fourth-order valence-electron chi connectivity index (χ4n) is 3.81. The Morgan fingerprint density at radius 3 is 1.97 bits per heavy atom. The van der Waals surface area contributed by atoms with Crippen molar-refractivity contribution in [2.45, 2.75) is 54.0 Å². The molecule has 1 N–H and O–H groups in total. The van der Waals surface area contributed by atoms with E-state index in [9.17, 15) is 8.42 Å². The molecule has 1 aliphatic heterocycles. The molecule has 0 saturated carbocycles. The van der Waals surface area contributed by atoms with E-state index in [4.69, 9.17) is 14.2 Å². The van der Waals surface area contributed by atoms with E-state index in [1.165, 1.54) is 0 Å². The highest BCUT2D eigenvalue weighted by molar-refractivity contribution is 8.00. The first-order valence-corrected chi connectivity index (χ1v) is 13.1. The Morgan fingerprint density at radius 1 is 0.912 bits per heavy atom. The summed E-state index contributed by atoms with van der Waals surface area (Å²) in [5, 5.41) is 0. The van der Waals surface area contributed by atoms with Crippen LogP contribution < -0.4 is 18.9 Å². The average molecular weight is 487 g/mol. The number of hydrogen-bond acceptors (Lipinski definition) is 6. The van der Waals surface area contributed by atoms with Crippen molar-refractivity contribution in [1.82, 2.24) is 4.72 Å². The number of amidine groups is 1. The molecule has 2 aromatic rings. The fourth-order valence-corrected chi connectivity index (χ4v) is 5.33. The van der Waals surface area contributed by atoms with Gasteiger partial charge in [0.1, 0.15) is 10.7 Å². The number of sulfonamides is 1. The zero-order valence-electron chi connectivity index (χ0n) is 20.8. The zero-order chi connectivity index (χ0) is 24.9. The molecule has 1 heterocycles. The number of hydrogen-bond donors (Lipinski definition) is 1. The highest BCUT2D eigenvalue weighted by Gasteiger charge is 2.32. The van der Waals surface area contributed by atoms with Crippen LogP contribution in [0.1, 0.15) is 64.2 Å². The molecule has 2 aromatic carbocycles. The highest BCUT2D eigenvalue weighted by Crippen LogP contribution is 2.39. The van der Waals surface area contributed by atoms with Gasteiger partial charge in [-0.15, -0.1) is 0 Å². The molecule has 34 heavy (non-hydrogen) atoms. The van der Waals surface area contributed by atoms with E-state index in [-0.39, 0.29) is 11.4 Å². The van der Waals surface area contributed by atoms with Gasteiger partial charge in [-0.2, -0.15) is 0 Å². The standard InChI is InChI=1S/C26H34N2O5S/c1-7-31-22-14-19(15-23(32-8-2)24(22)33-9-3)16-27-26-18(6)25(34(29,30)28-26)21-12-10-20(11-13-21)17(4)5/h10-15,17H,7-9,16H2,1-6H3,(H,27,28). The van der Waals surface area contributed by atoms with Gasteiger partial charge in [0.05, 0.1) is 26.4 Å². The molecule has 0 amide bonds. The largest absolute Gasteiger partial charge is 0.490 e. The van der Waals surface area contributed by atoms with E-state index in [1.54, 1.807) is 6.92 Å². The number of rotatable bonds is 10. The van der Waals surface area contributed by atoms with Gasteiger partial charge in [-0.05, 0) is 62.4 Å². The molecule has 8 heteroatoms. The first kappa shape index (κ1) is 25.6. The van der Waals surface area contributed by atoms with Crippen LogP contribution in [0, 0.1) is 0 Å². The number of nitrogens with one attached hydrogen (secondary N) is 1. The van der Waals surface area contributed by atoms with E-state index in [0.29, 0.717) is 60.0 Å². The third-order valence-corrected chi connectivity index (χ3v) is 6.97. The maximum absolute atomic E-state index is 12.9. The van der Waals surface area contributed by atoms with Crippen molar-refractivity contribution in [2.24, 2.45) is 4.99 Å². The maximum Gasteiger partial charge on any atom is 0.264 e. The Hall–Kier alpha value is -3.00. The van der Waals surface area contributed by atoms with Crippen LogP contribution in [0.15, 0.2) is 47.0 Å². The summed E-state index contributed by atoms with van der Waals surface area (Å²) in [5.41, 5.74) is 3.23. The molecule has 0 unspecified atom stereocenters. The van der Waals surface area contributed by atoms with Crippen LogP contribution in [0.2, 0.25) is 0 Å². The van der Waals surface area contributed by atoms with Crippen LogP contribution in [0.4, 0.5) is 0 Å². The Bertz CT molecular complexity index is 1160. The minimum atomic E-state index is -3.69. The van der Waals surface area contributed by atoms with Crippen LogP contribution in [0.25, 0.3) is 4.91 Å². The smallest absolute Gasteiger partial charge is 0.264 e. The van der Waals surface area contributed by atoms with E-state index in [2.05, 4.69) is 23.6 Å². The van der Waals surface area contributed by atoms with Gasteiger partial charge in [-0.3, -0.25) is 9.71 Å². The van der Waals surface area contributed by atoms with Gasteiger partial charge in [-0.25, -0.2) is 8.42 Å². The lowest BCUT2D eigenvalue weighted by Crippen LogP contribution is -2.23. The van der Waals surface area contributed by atoms with Crippen molar-refractivity contribution in [3.05, 3.63) is 58.7 Å². The Kier molecular flexibility index (Phi) is 8.25. The summed E-state index contributed by atoms with van der Waals surface area (Å²) in [7, 11) is -3.69. The summed E-state index contributed by atoms with van der Waals surface area (Å²) in [6.07, 6.45) is 0. The van der Waals surface area contributed by atoms with Gasteiger partial charge in [0.15, 0.2) is 11.5 Å². The van der Waals surface area contributed by atoms with Crippen LogP contribution >= 0.6 is 0 Å².